The van der Waals surface area contributed by atoms with Crippen molar-refractivity contribution in [1.82, 2.24) is 5.32 Å². The first-order valence-corrected chi connectivity index (χ1v) is 7.40. The fourth-order valence-electron chi connectivity index (χ4n) is 3.69. The van der Waals surface area contributed by atoms with E-state index in [0.29, 0.717) is 0 Å². The summed E-state index contributed by atoms with van der Waals surface area (Å²) in [7, 11) is 3.92. The first kappa shape index (κ1) is 14.5. The molecule has 0 saturated heterocycles. The highest BCUT2D eigenvalue weighted by Gasteiger charge is 2.42. The predicted octanol–water partition coefficient (Wildman–Crippen LogP) is 3.85. The van der Waals surface area contributed by atoms with Gasteiger partial charge in [-0.1, -0.05) is 49.6 Å². The quantitative estimate of drug-likeness (QED) is 0.889. The van der Waals surface area contributed by atoms with Gasteiger partial charge in [0.05, 0.1) is 11.6 Å². The van der Waals surface area contributed by atoms with Crippen molar-refractivity contribution in [3.05, 3.63) is 35.4 Å². The number of nitrogens with one attached hydrogen (secondary N) is 1. The molecular formula is C17H27NO. The van der Waals surface area contributed by atoms with Gasteiger partial charge in [-0.2, -0.15) is 0 Å². The highest BCUT2D eigenvalue weighted by atomic mass is 16.5. The third-order valence-corrected chi connectivity index (χ3v) is 4.59. The Kier molecular flexibility index (Phi) is 4.64. The SMILES string of the molecule is CNC(c1cccc(C)c1)C1(OC)CCCC(C)C1. The van der Waals surface area contributed by atoms with Crippen LogP contribution in [0, 0.1) is 12.8 Å². The molecular weight excluding hydrogens is 234 g/mol. The summed E-state index contributed by atoms with van der Waals surface area (Å²) >= 11 is 0. The van der Waals surface area contributed by atoms with Crippen molar-refractivity contribution >= 4 is 0 Å². The summed E-state index contributed by atoms with van der Waals surface area (Å²) < 4.78 is 6.03. The van der Waals surface area contributed by atoms with E-state index < -0.39 is 0 Å². The van der Waals surface area contributed by atoms with Crippen LogP contribution in [0.1, 0.15) is 49.8 Å². The molecule has 1 saturated carbocycles. The number of aryl methyl sites for hydroxylation is 1. The predicted molar refractivity (Wildman–Crippen MR) is 80.4 cm³/mol. The summed E-state index contributed by atoms with van der Waals surface area (Å²) in [5.41, 5.74) is 2.60. The van der Waals surface area contributed by atoms with E-state index in [4.69, 9.17) is 4.74 Å². The monoisotopic (exact) mass is 261 g/mol. The standard InChI is InChI=1S/C17H27NO/c1-13-7-5-9-15(11-13)16(18-3)17(19-4)10-6-8-14(2)12-17/h5,7,9,11,14,16,18H,6,8,10,12H2,1-4H3. The maximum absolute atomic E-state index is 6.03. The lowest BCUT2D eigenvalue weighted by Crippen LogP contribution is -2.47. The number of hydrogen-bond donors (Lipinski definition) is 1. The van der Waals surface area contributed by atoms with Crippen molar-refractivity contribution in [3.8, 4) is 0 Å². The van der Waals surface area contributed by atoms with E-state index in [2.05, 4.69) is 43.4 Å². The minimum absolute atomic E-state index is 0.0553. The smallest absolute Gasteiger partial charge is 0.0874 e. The van der Waals surface area contributed by atoms with Crippen molar-refractivity contribution in [1.29, 1.82) is 0 Å². The zero-order valence-corrected chi connectivity index (χ0v) is 12.7. The molecule has 0 amide bonds. The molecule has 106 valence electrons. The van der Waals surface area contributed by atoms with E-state index in [0.717, 1.165) is 18.8 Å². The molecule has 1 aliphatic carbocycles. The molecule has 0 spiro atoms. The van der Waals surface area contributed by atoms with Gasteiger partial charge in [0.15, 0.2) is 0 Å². The van der Waals surface area contributed by atoms with Crippen LogP contribution in [0.4, 0.5) is 0 Å². The fraction of sp³-hybridized carbons (Fsp3) is 0.647. The van der Waals surface area contributed by atoms with E-state index in [9.17, 15) is 0 Å². The summed E-state index contributed by atoms with van der Waals surface area (Å²) in [4.78, 5) is 0. The topological polar surface area (TPSA) is 21.3 Å². The Morgan fingerprint density at radius 3 is 2.79 bits per heavy atom. The number of ether oxygens (including phenoxy) is 1. The first-order chi connectivity index (χ1) is 9.11. The summed E-state index contributed by atoms with van der Waals surface area (Å²) in [6, 6.07) is 9.07. The highest BCUT2D eigenvalue weighted by molar-refractivity contribution is 5.27. The van der Waals surface area contributed by atoms with E-state index in [-0.39, 0.29) is 11.6 Å². The lowest BCUT2D eigenvalue weighted by Gasteiger charge is -2.44. The molecule has 1 aromatic carbocycles. The molecule has 2 heteroatoms. The Balaban J connectivity index is 2.33. The Morgan fingerprint density at radius 2 is 2.21 bits per heavy atom. The van der Waals surface area contributed by atoms with Crippen molar-refractivity contribution in [2.45, 2.75) is 51.2 Å². The van der Waals surface area contributed by atoms with Gasteiger partial charge < -0.3 is 10.1 Å². The molecule has 1 N–H and O–H groups in total. The minimum atomic E-state index is -0.0553. The van der Waals surface area contributed by atoms with Gasteiger partial charge in [-0.15, -0.1) is 0 Å². The lowest BCUT2D eigenvalue weighted by atomic mass is 9.72. The van der Waals surface area contributed by atoms with Crippen molar-refractivity contribution in [3.63, 3.8) is 0 Å². The number of likely N-dealkylation sites (N-methyl/N-ethyl adjacent to an activating group) is 1. The highest BCUT2D eigenvalue weighted by Crippen LogP contribution is 2.43. The maximum Gasteiger partial charge on any atom is 0.0874 e. The summed E-state index contributed by atoms with van der Waals surface area (Å²) in [6.07, 6.45) is 4.88. The van der Waals surface area contributed by atoms with Gasteiger partial charge in [0, 0.05) is 7.11 Å². The zero-order chi connectivity index (χ0) is 13.9. The minimum Gasteiger partial charge on any atom is -0.376 e. The van der Waals surface area contributed by atoms with Gasteiger partial charge in [0.25, 0.3) is 0 Å². The Morgan fingerprint density at radius 1 is 1.42 bits per heavy atom. The van der Waals surface area contributed by atoms with E-state index in [1.807, 2.05) is 14.2 Å². The molecule has 1 fully saturated rings. The van der Waals surface area contributed by atoms with Gasteiger partial charge in [0.1, 0.15) is 0 Å². The van der Waals surface area contributed by atoms with Gasteiger partial charge in [-0.05, 0) is 38.3 Å². The molecule has 2 rings (SSSR count). The first-order valence-electron chi connectivity index (χ1n) is 7.40. The second kappa shape index (κ2) is 6.06. The lowest BCUT2D eigenvalue weighted by molar-refractivity contribution is -0.0790. The van der Waals surface area contributed by atoms with Crippen LogP contribution in [0.15, 0.2) is 24.3 Å². The van der Waals surface area contributed by atoms with Gasteiger partial charge in [0.2, 0.25) is 0 Å². The molecule has 19 heavy (non-hydrogen) atoms. The molecule has 0 radical (unpaired) electrons. The number of methoxy groups -OCH3 is 1. The van der Waals surface area contributed by atoms with Crippen LogP contribution >= 0.6 is 0 Å². The van der Waals surface area contributed by atoms with Gasteiger partial charge in [-0.3, -0.25) is 0 Å². The normalized spacial score (nSPS) is 29.2. The Bertz CT molecular complexity index is 417. The average molecular weight is 261 g/mol. The summed E-state index contributed by atoms with van der Waals surface area (Å²) in [5.74, 6) is 0.745. The second-order valence-corrected chi connectivity index (χ2v) is 6.11. The Labute approximate surface area is 117 Å². The molecule has 1 aromatic rings. The van der Waals surface area contributed by atoms with Crippen molar-refractivity contribution in [2.75, 3.05) is 14.2 Å². The third kappa shape index (κ3) is 3.01. The summed E-state index contributed by atoms with van der Waals surface area (Å²) in [6.45, 7) is 4.50. The number of benzene rings is 1. The molecule has 0 bridgehead atoms. The summed E-state index contributed by atoms with van der Waals surface area (Å²) in [5, 5.41) is 3.50. The average Bonchev–Trinajstić information content (AvgIpc) is 2.39. The molecule has 3 unspecified atom stereocenters. The van der Waals surface area contributed by atoms with Crippen LogP contribution in [-0.2, 0) is 4.74 Å². The zero-order valence-electron chi connectivity index (χ0n) is 12.7. The van der Waals surface area contributed by atoms with Crippen LogP contribution < -0.4 is 5.32 Å². The van der Waals surface area contributed by atoms with E-state index >= 15 is 0 Å². The van der Waals surface area contributed by atoms with Crippen LogP contribution in [0.3, 0.4) is 0 Å². The molecule has 0 aromatic heterocycles. The van der Waals surface area contributed by atoms with Crippen LogP contribution in [0.2, 0.25) is 0 Å². The number of hydrogen-bond acceptors (Lipinski definition) is 2. The molecule has 3 atom stereocenters. The molecule has 1 aliphatic rings. The van der Waals surface area contributed by atoms with Gasteiger partial charge >= 0.3 is 0 Å². The van der Waals surface area contributed by atoms with Crippen molar-refractivity contribution < 1.29 is 4.74 Å². The van der Waals surface area contributed by atoms with E-state index in [1.54, 1.807) is 0 Å². The number of rotatable bonds is 4. The molecule has 0 heterocycles. The second-order valence-electron chi connectivity index (χ2n) is 6.11. The maximum atomic E-state index is 6.03. The third-order valence-electron chi connectivity index (χ3n) is 4.59. The van der Waals surface area contributed by atoms with Crippen molar-refractivity contribution in [2.24, 2.45) is 5.92 Å². The molecule has 0 aliphatic heterocycles. The fourth-order valence-corrected chi connectivity index (χ4v) is 3.69. The van der Waals surface area contributed by atoms with Crippen LogP contribution in [0.5, 0.6) is 0 Å². The molecule has 2 nitrogen and oxygen atoms in total. The van der Waals surface area contributed by atoms with E-state index in [1.165, 1.54) is 24.0 Å². The largest absolute Gasteiger partial charge is 0.376 e. The van der Waals surface area contributed by atoms with Crippen LogP contribution in [0.25, 0.3) is 0 Å². The van der Waals surface area contributed by atoms with Crippen LogP contribution in [-0.4, -0.2) is 19.8 Å². The van der Waals surface area contributed by atoms with Gasteiger partial charge in [-0.25, -0.2) is 0 Å². The Hall–Kier alpha value is -0.860.